The number of ether oxygens (including phenoxy) is 1. The van der Waals surface area contributed by atoms with Crippen LogP contribution in [-0.2, 0) is 6.61 Å². The number of rotatable bonds is 15. The Morgan fingerprint density at radius 1 is 0.224 bits per heavy atom. The van der Waals surface area contributed by atoms with Crippen molar-refractivity contribution in [3.05, 3.63) is 272 Å². The van der Waals surface area contributed by atoms with Gasteiger partial charge in [-0.15, -0.1) is 0 Å². The Bertz CT molecular complexity index is 3990. The molecule has 0 saturated heterocycles. The molecule has 0 bridgehead atoms. The van der Waals surface area contributed by atoms with Crippen LogP contribution in [0.2, 0.25) is 0 Å². The summed E-state index contributed by atoms with van der Waals surface area (Å²) in [5, 5.41) is 9.78. The highest BCUT2D eigenvalue weighted by molar-refractivity contribution is 7.79. The molecule has 0 radical (unpaired) electrons. The van der Waals surface area contributed by atoms with Crippen LogP contribution < -0.4 is 31.9 Å². The summed E-state index contributed by atoms with van der Waals surface area (Å²) in [5.74, 6) is 3.16. The summed E-state index contributed by atoms with van der Waals surface area (Å²) in [7, 11) is -12.8. The molecule has 0 saturated carbocycles. The Kier molecular flexibility index (Phi) is 12.5. The molecule has 0 aliphatic carbocycles. The van der Waals surface area contributed by atoms with Crippen molar-refractivity contribution < 1.29 is 31.9 Å². The summed E-state index contributed by atoms with van der Waals surface area (Å²) >= 11 is 0. The van der Waals surface area contributed by atoms with Gasteiger partial charge in [-0.25, -0.2) is 0 Å². The van der Waals surface area contributed by atoms with Crippen molar-refractivity contribution in [2.24, 2.45) is 13.5 Å². The predicted octanol–water partition coefficient (Wildman–Crippen LogP) is 19.7. The number of fused-ring (bicyclic) bond motifs is 5. The first-order valence-electron chi connectivity index (χ1n) is 24.7. The number of hydrogen-bond acceptors (Lipinski definition) is 10. The van der Waals surface area contributed by atoms with E-state index in [2.05, 4.69) is 24.3 Å². The van der Waals surface area contributed by atoms with Crippen LogP contribution in [0.4, 0.5) is 0 Å². The van der Waals surface area contributed by atoms with Gasteiger partial charge in [-0.3, -0.25) is 0 Å². The van der Waals surface area contributed by atoms with Crippen molar-refractivity contribution in [2.75, 3.05) is 0 Å². The van der Waals surface area contributed by atoms with Gasteiger partial charge in [0, 0.05) is 0 Å². The van der Waals surface area contributed by atoms with E-state index in [1.54, 1.807) is 0 Å². The smallest absolute Gasteiger partial charge is 0.460 e. The summed E-state index contributed by atoms with van der Waals surface area (Å²) in [4.78, 5) is 0. The number of nitrogens with zero attached hydrogens (tertiary/aromatic N) is 3. The molecule has 13 heteroatoms. The minimum atomic E-state index is -4.26. The van der Waals surface area contributed by atoms with Crippen molar-refractivity contribution in [3.63, 3.8) is 0 Å². The molecule has 10 nitrogen and oxygen atoms in total. The lowest BCUT2D eigenvalue weighted by atomic mass is 10.1. The van der Waals surface area contributed by atoms with E-state index in [-0.39, 0.29) is 0 Å². The molecule has 1 heterocycles. The van der Waals surface area contributed by atoms with E-state index in [1.807, 2.05) is 243 Å². The van der Waals surface area contributed by atoms with Gasteiger partial charge in [0.1, 0.15) is 46.9 Å². The Labute approximate surface area is 439 Å². The van der Waals surface area contributed by atoms with E-state index in [0.29, 0.717) is 46.9 Å². The summed E-state index contributed by atoms with van der Waals surface area (Å²) < 4.78 is 67.0. The Balaban J connectivity index is 1.08. The molecule has 1 aliphatic rings. The molecule has 1 atom stereocenters. The van der Waals surface area contributed by atoms with Crippen LogP contribution in [0, 0.1) is 0 Å². The predicted molar refractivity (Wildman–Crippen MR) is 309 cm³/mol. The van der Waals surface area contributed by atoms with Gasteiger partial charge in [-0.1, -0.05) is 196 Å². The molecule has 12 aromatic rings. The Hall–Kier alpha value is -8.77. The van der Waals surface area contributed by atoms with Crippen molar-refractivity contribution >= 4 is 76.8 Å². The van der Waals surface area contributed by atoms with Crippen LogP contribution in [0.15, 0.2) is 280 Å². The van der Waals surface area contributed by atoms with Gasteiger partial charge in [-0.2, -0.15) is 0 Å². The van der Waals surface area contributed by atoms with Crippen LogP contribution in [0.5, 0.6) is 40.2 Å². The van der Waals surface area contributed by atoms with E-state index in [1.165, 1.54) is 0 Å². The molecule has 0 fully saturated rings. The van der Waals surface area contributed by atoms with Crippen molar-refractivity contribution in [3.8, 4) is 40.2 Å². The Morgan fingerprint density at radius 3 is 0.763 bits per heavy atom. The Morgan fingerprint density at radius 2 is 0.461 bits per heavy atom. The average Bonchev–Trinajstić information content (AvgIpc) is 3.54. The average molecular weight is 1050 g/mol. The molecule has 1 aliphatic heterocycles. The van der Waals surface area contributed by atoms with Gasteiger partial charge in [0.25, 0.3) is 0 Å². The molecule has 13 rings (SSSR count). The molecular formula is C63H46N3O7P3. The van der Waals surface area contributed by atoms with Crippen LogP contribution in [0.25, 0.3) is 53.9 Å². The lowest BCUT2D eigenvalue weighted by Gasteiger charge is -2.33. The van der Waals surface area contributed by atoms with E-state index in [9.17, 15) is 0 Å². The van der Waals surface area contributed by atoms with Gasteiger partial charge in [0.15, 0.2) is 0 Å². The van der Waals surface area contributed by atoms with Gasteiger partial charge >= 0.3 is 23.0 Å². The minimum absolute atomic E-state index is 0.375. The standard InChI is InChI=1S/C63H46N3O7P3/c1-2-14-46(15-3-1)45-67-57-36-38-58(39-37-57)68-74(69-59-31-26-47-16-4-9-21-52(47)40-59)64-75(70-60-32-27-48-17-5-10-22-53(48)41-60,71-61-33-28-49-18-6-11-23-54(49)42-61)66-76(65-74,72-62-34-29-50-19-7-12-24-55(50)43-62)73-63-35-30-51-20-8-13-25-56(51)44-63/h1-44H,45H2. The quantitative estimate of drug-likeness (QED) is 0.0943. The molecule has 12 aromatic carbocycles. The van der Waals surface area contributed by atoms with E-state index in [0.717, 1.165) is 59.4 Å². The summed E-state index contributed by atoms with van der Waals surface area (Å²) in [6.07, 6.45) is 0. The van der Waals surface area contributed by atoms with Gasteiger partial charge < -0.3 is 31.9 Å². The highest BCUT2D eigenvalue weighted by Gasteiger charge is 2.49. The maximum Gasteiger partial charge on any atom is 0.460 e. The van der Waals surface area contributed by atoms with Crippen molar-refractivity contribution in [1.82, 2.24) is 0 Å². The van der Waals surface area contributed by atoms with Crippen LogP contribution in [0.1, 0.15) is 5.56 Å². The van der Waals surface area contributed by atoms with E-state index >= 15 is 0 Å². The molecule has 76 heavy (non-hydrogen) atoms. The molecule has 0 spiro atoms. The minimum Gasteiger partial charge on any atom is -0.489 e. The normalized spacial score (nSPS) is 15.5. The van der Waals surface area contributed by atoms with Gasteiger partial charge in [0.2, 0.25) is 0 Å². The SMILES string of the molecule is c1ccc(COc2ccc(OP3(Oc4ccc5ccccc5c4)=NP(Oc4ccc5ccccc5c4)(Oc4ccc5ccccc5c4)=NP(Oc4ccc5ccccc5c4)(Oc4ccc5ccccc5c4)=N3)cc2)cc1. The number of benzene rings is 12. The molecular weight excluding hydrogens is 1000 g/mol. The molecule has 1 unspecified atom stereocenters. The first kappa shape index (κ1) is 47.0. The summed E-state index contributed by atoms with van der Waals surface area (Å²) in [5.41, 5.74) is 1.04. The highest BCUT2D eigenvalue weighted by Crippen LogP contribution is 2.79. The van der Waals surface area contributed by atoms with Crippen LogP contribution in [-0.4, -0.2) is 0 Å². The maximum absolute atomic E-state index is 7.34. The highest BCUT2D eigenvalue weighted by atomic mass is 31.3. The topological polar surface area (TPSA) is 102 Å². The molecule has 0 amide bonds. The third kappa shape index (κ3) is 10.2. The van der Waals surface area contributed by atoms with Gasteiger partial charge in [0.05, 0.1) is 0 Å². The lowest BCUT2D eigenvalue weighted by molar-refractivity contribution is 0.306. The second kappa shape index (κ2) is 20.2. The van der Waals surface area contributed by atoms with E-state index in [4.69, 9.17) is 45.4 Å². The molecule has 0 N–H and O–H groups in total. The lowest BCUT2D eigenvalue weighted by Crippen LogP contribution is -2.11. The fourth-order valence-electron chi connectivity index (χ4n) is 9.04. The zero-order valence-corrected chi connectivity index (χ0v) is 43.3. The fourth-order valence-corrected chi connectivity index (χ4v) is 18.1. The zero-order chi connectivity index (χ0) is 50.8. The van der Waals surface area contributed by atoms with E-state index < -0.39 is 23.0 Å². The van der Waals surface area contributed by atoms with Crippen LogP contribution >= 0.6 is 23.0 Å². The van der Waals surface area contributed by atoms with Crippen molar-refractivity contribution in [2.45, 2.75) is 6.61 Å². The third-order valence-electron chi connectivity index (χ3n) is 12.7. The first-order chi connectivity index (χ1) is 37.4. The fraction of sp³-hybridized carbons (Fsp3) is 0.0159. The van der Waals surface area contributed by atoms with Gasteiger partial charge in [-0.05, 0) is 144 Å². The molecule has 370 valence electrons. The third-order valence-corrected chi connectivity index (χ3v) is 20.8. The second-order valence-electron chi connectivity index (χ2n) is 18.1. The van der Waals surface area contributed by atoms with Crippen molar-refractivity contribution in [1.29, 1.82) is 0 Å². The monoisotopic (exact) mass is 1050 g/mol. The van der Waals surface area contributed by atoms with Crippen LogP contribution in [0.3, 0.4) is 0 Å². The summed E-state index contributed by atoms with van der Waals surface area (Å²) in [6, 6.07) is 86.8. The maximum atomic E-state index is 7.34. The second-order valence-corrected chi connectivity index (χ2v) is 24.3. The zero-order valence-electron chi connectivity index (χ0n) is 40.7. The summed E-state index contributed by atoms with van der Waals surface area (Å²) in [6.45, 7) is 0.381. The molecule has 0 aromatic heterocycles. The largest absolute Gasteiger partial charge is 0.489 e. The first-order valence-corrected chi connectivity index (χ1v) is 29.3. The number of hydrogen-bond donors (Lipinski definition) is 0.